The molecule has 96 valence electrons. The molecule has 0 bridgehead atoms. The SMILES string of the molecule is NC1=NC(Cc2ccccc2[N+](=O)[O-])COCC1. The first-order valence-electron chi connectivity index (χ1n) is 5.79. The molecule has 0 aromatic heterocycles. The second-order valence-corrected chi connectivity index (χ2v) is 4.19. The van der Waals surface area contributed by atoms with Crippen molar-refractivity contribution in [3.05, 3.63) is 39.9 Å². The van der Waals surface area contributed by atoms with Crippen LogP contribution in [0.1, 0.15) is 12.0 Å². The second-order valence-electron chi connectivity index (χ2n) is 4.19. The lowest BCUT2D eigenvalue weighted by molar-refractivity contribution is -0.385. The van der Waals surface area contributed by atoms with Crippen molar-refractivity contribution in [1.82, 2.24) is 0 Å². The van der Waals surface area contributed by atoms with Crippen LogP contribution >= 0.6 is 0 Å². The van der Waals surface area contributed by atoms with Gasteiger partial charge in [-0.25, -0.2) is 0 Å². The number of hydrogen-bond acceptors (Lipinski definition) is 5. The summed E-state index contributed by atoms with van der Waals surface area (Å²) in [6, 6.07) is 6.54. The van der Waals surface area contributed by atoms with Crippen LogP contribution in [0.15, 0.2) is 29.3 Å². The fourth-order valence-corrected chi connectivity index (χ4v) is 1.95. The Morgan fingerprint density at radius 2 is 2.28 bits per heavy atom. The number of benzene rings is 1. The Hall–Kier alpha value is -1.95. The molecule has 0 spiro atoms. The van der Waals surface area contributed by atoms with E-state index < -0.39 is 0 Å². The number of aliphatic imine (C=N–C) groups is 1. The molecule has 0 fully saturated rings. The molecule has 1 atom stereocenters. The van der Waals surface area contributed by atoms with Gasteiger partial charge in [-0.1, -0.05) is 18.2 Å². The molecule has 2 N–H and O–H groups in total. The Kier molecular flexibility index (Phi) is 3.88. The van der Waals surface area contributed by atoms with Crippen LogP contribution in [0.2, 0.25) is 0 Å². The van der Waals surface area contributed by atoms with Gasteiger partial charge in [-0.3, -0.25) is 15.1 Å². The highest BCUT2D eigenvalue weighted by Gasteiger charge is 2.18. The van der Waals surface area contributed by atoms with Crippen LogP contribution in [0.5, 0.6) is 0 Å². The van der Waals surface area contributed by atoms with Crippen molar-refractivity contribution in [2.75, 3.05) is 13.2 Å². The van der Waals surface area contributed by atoms with E-state index in [4.69, 9.17) is 10.5 Å². The van der Waals surface area contributed by atoms with Crippen molar-refractivity contribution in [1.29, 1.82) is 0 Å². The number of nitrogens with zero attached hydrogens (tertiary/aromatic N) is 2. The average molecular weight is 249 g/mol. The monoisotopic (exact) mass is 249 g/mol. The summed E-state index contributed by atoms with van der Waals surface area (Å²) in [5.41, 5.74) is 6.50. The van der Waals surface area contributed by atoms with E-state index in [1.54, 1.807) is 18.2 Å². The maximum absolute atomic E-state index is 10.9. The summed E-state index contributed by atoms with van der Waals surface area (Å²) < 4.78 is 5.39. The molecule has 1 unspecified atom stereocenters. The van der Waals surface area contributed by atoms with Gasteiger partial charge in [-0.2, -0.15) is 0 Å². The minimum absolute atomic E-state index is 0.121. The molecule has 1 aromatic carbocycles. The first-order valence-corrected chi connectivity index (χ1v) is 5.79. The van der Waals surface area contributed by atoms with Crippen molar-refractivity contribution in [2.24, 2.45) is 10.7 Å². The highest BCUT2D eigenvalue weighted by atomic mass is 16.6. The van der Waals surface area contributed by atoms with Crippen molar-refractivity contribution < 1.29 is 9.66 Å². The van der Waals surface area contributed by atoms with Crippen molar-refractivity contribution >= 4 is 11.5 Å². The second kappa shape index (κ2) is 5.59. The first-order chi connectivity index (χ1) is 8.66. The van der Waals surface area contributed by atoms with E-state index in [2.05, 4.69) is 4.99 Å². The quantitative estimate of drug-likeness (QED) is 0.645. The third-order valence-corrected chi connectivity index (χ3v) is 2.81. The number of rotatable bonds is 3. The molecule has 0 radical (unpaired) electrons. The van der Waals surface area contributed by atoms with Crippen molar-refractivity contribution in [2.45, 2.75) is 18.9 Å². The lowest BCUT2D eigenvalue weighted by Crippen LogP contribution is -2.18. The molecular formula is C12H15N3O3. The molecule has 6 nitrogen and oxygen atoms in total. The number of nitro groups is 1. The molecule has 18 heavy (non-hydrogen) atoms. The molecule has 6 heteroatoms. The fraction of sp³-hybridized carbons (Fsp3) is 0.417. The van der Waals surface area contributed by atoms with Crippen LogP contribution in [0.3, 0.4) is 0 Å². The molecular weight excluding hydrogens is 234 g/mol. The predicted octanol–water partition coefficient (Wildman–Crippen LogP) is 1.28. The van der Waals surface area contributed by atoms with Gasteiger partial charge in [-0.15, -0.1) is 0 Å². The van der Waals surface area contributed by atoms with Crippen LogP contribution in [-0.4, -0.2) is 30.0 Å². The summed E-state index contributed by atoms with van der Waals surface area (Å²) >= 11 is 0. The van der Waals surface area contributed by atoms with Gasteiger partial charge in [0, 0.05) is 24.5 Å². The number of hydrogen-bond donors (Lipinski definition) is 1. The number of nitrogens with two attached hydrogens (primary N) is 1. The largest absolute Gasteiger partial charge is 0.387 e. The van der Waals surface area contributed by atoms with Gasteiger partial charge in [0.2, 0.25) is 0 Å². The predicted molar refractivity (Wildman–Crippen MR) is 67.6 cm³/mol. The third kappa shape index (κ3) is 3.04. The molecule has 1 heterocycles. The standard InChI is InChI=1S/C12H15N3O3/c13-12-5-6-18-8-10(14-12)7-9-3-1-2-4-11(9)15(16)17/h1-4,10H,5-8H2,(H2,13,14). The number of amidine groups is 1. The molecule has 1 aliphatic heterocycles. The lowest BCUT2D eigenvalue weighted by atomic mass is 10.0. The van der Waals surface area contributed by atoms with Crippen LogP contribution in [0.4, 0.5) is 5.69 Å². The Morgan fingerprint density at radius 3 is 3.06 bits per heavy atom. The van der Waals surface area contributed by atoms with Gasteiger partial charge in [-0.05, 0) is 0 Å². The van der Waals surface area contributed by atoms with Gasteiger partial charge >= 0.3 is 0 Å². The summed E-state index contributed by atoms with van der Waals surface area (Å²) in [7, 11) is 0. The van der Waals surface area contributed by atoms with E-state index in [0.717, 1.165) is 0 Å². The molecule has 1 aromatic rings. The number of para-hydroxylation sites is 1. The van der Waals surface area contributed by atoms with E-state index in [9.17, 15) is 10.1 Å². The van der Waals surface area contributed by atoms with E-state index in [0.29, 0.717) is 37.5 Å². The van der Waals surface area contributed by atoms with Crippen molar-refractivity contribution in [3.8, 4) is 0 Å². The smallest absolute Gasteiger partial charge is 0.272 e. The zero-order chi connectivity index (χ0) is 13.0. The van der Waals surface area contributed by atoms with E-state index in [-0.39, 0.29) is 16.7 Å². The minimum atomic E-state index is -0.375. The number of nitro benzene ring substituents is 1. The zero-order valence-corrected chi connectivity index (χ0v) is 9.91. The minimum Gasteiger partial charge on any atom is -0.387 e. The highest BCUT2D eigenvalue weighted by molar-refractivity contribution is 5.80. The molecule has 0 amide bonds. The van der Waals surface area contributed by atoms with E-state index >= 15 is 0 Å². The van der Waals surface area contributed by atoms with E-state index in [1.807, 2.05) is 0 Å². The molecule has 2 rings (SSSR count). The van der Waals surface area contributed by atoms with Crippen LogP contribution in [-0.2, 0) is 11.2 Å². The van der Waals surface area contributed by atoms with Crippen LogP contribution in [0.25, 0.3) is 0 Å². The maximum atomic E-state index is 10.9. The van der Waals surface area contributed by atoms with Gasteiger partial charge in [0.05, 0.1) is 30.0 Å². The topological polar surface area (TPSA) is 90.8 Å². The summed E-state index contributed by atoms with van der Waals surface area (Å²) in [5.74, 6) is 0.552. The summed E-state index contributed by atoms with van der Waals surface area (Å²) in [4.78, 5) is 14.9. The maximum Gasteiger partial charge on any atom is 0.272 e. The molecule has 1 aliphatic rings. The number of ether oxygens (including phenoxy) is 1. The third-order valence-electron chi connectivity index (χ3n) is 2.81. The lowest BCUT2D eigenvalue weighted by Gasteiger charge is -2.10. The summed E-state index contributed by atoms with van der Waals surface area (Å²) in [6.07, 6.45) is 1.09. The average Bonchev–Trinajstić information content (AvgIpc) is 2.54. The van der Waals surface area contributed by atoms with Gasteiger partial charge in [0.25, 0.3) is 5.69 Å². The Bertz CT molecular complexity index is 473. The summed E-state index contributed by atoms with van der Waals surface area (Å²) in [6.45, 7) is 1.01. The van der Waals surface area contributed by atoms with Gasteiger partial charge in [0.1, 0.15) is 0 Å². The fourth-order valence-electron chi connectivity index (χ4n) is 1.95. The Labute approximate surface area is 105 Å². The Balaban J connectivity index is 2.18. The van der Waals surface area contributed by atoms with Gasteiger partial charge < -0.3 is 10.5 Å². The first kappa shape index (κ1) is 12.5. The normalized spacial score (nSPS) is 20.0. The summed E-state index contributed by atoms with van der Waals surface area (Å²) in [5, 5.41) is 10.9. The van der Waals surface area contributed by atoms with E-state index in [1.165, 1.54) is 6.07 Å². The zero-order valence-electron chi connectivity index (χ0n) is 9.91. The highest BCUT2D eigenvalue weighted by Crippen LogP contribution is 2.20. The molecule has 0 aliphatic carbocycles. The van der Waals surface area contributed by atoms with Crippen LogP contribution < -0.4 is 5.73 Å². The Morgan fingerprint density at radius 1 is 1.50 bits per heavy atom. The van der Waals surface area contributed by atoms with Gasteiger partial charge in [0.15, 0.2) is 0 Å². The van der Waals surface area contributed by atoms with Crippen molar-refractivity contribution in [3.63, 3.8) is 0 Å². The molecule has 0 saturated heterocycles. The van der Waals surface area contributed by atoms with Crippen LogP contribution in [0, 0.1) is 10.1 Å². The molecule has 0 saturated carbocycles.